The Morgan fingerprint density at radius 2 is 2.53 bits per heavy atom. The Kier molecular flexibility index (Phi) is 3.39. The predicted octanol–water partition coefficient (Wildman–Crippen LogP) is -0.438. The summed E-state index contributed by atoms with van der Waals surface area (Å²) in [6.07, 6.45) is 0.648. The van der Waals surface area contributed by atoms with Crippen LogP contribution in [-0.4, -0.2) is 41.3 Å². The Bertz CT molecular complexity index is 445. The summed E-state index contributed by atoms with van der Waals surface area (Å²) in [6, 6.07) is -0.421. The number of amides is 2. The first kappa shape index (κ1) is 12.0. The van der Waals surface area contributed by atoms with Gasteiger partial charge in [0.1, 0.15) is 16.7 Å². The molecule has 0 aliphatic carbocycles. The number of rotatable bonds is 3. The minimum atomic E-state index is -0.421. The molecule has 6 nitrogen and oxygen atoms in total. The van der Waals surface area contributed by atoms with Gasteiger partial charge in [-0.1, -0.05) is 0 Å². The van der Waals surface area contributed by atoms with Gasteiger partial charge in [-0.15, -0.1) is 11.3 Å². The summed E-state index contributed by atoms with van der Waals surface area (Å²) < 4.78 is 0. The van der Waals surface area contributed by atoms with Crippen LogP contribution in [0, 0.1) is 0 Å². The molecule has 1 aromatic rings. The first-order valence-electron chi connectivity index (χ1n) is 5.32. The van der Waals surface area contributed by atoms with Gasteiger partial charge < -0.3 is 16.0 Å². The number of hydrogen-bond donors (Lipinski definition) is 2. The number of likely N-dealkylation sites (tertiary alicyclic amines) is 1. The molecule has 92 valence electrons. The van der Waals surface area contributed by atoms with Crippen LogP contribution < -0.4 is 11.1 Å². The van der Waals surface area contributed by atoms with E-state index in [9.17, 15) is 9.59 Å². The molecular formula is C10H14N4O2S. The first-order chi connectivity index (χ1) is 8.11. The summed E-state index contributed by atoms with van der Waals surface area (Å²) in [7, 11) is 1.73. The molecule has 1 aliphatic heterocycles. The molecule has 0 bridgehead atoms. The zero-order valence-electron chi connectivity index (χ0n) is 9.47. The normalized spacial score (nSPS) is 19.8. The smallest absolute Gasteiger partial charge is 0.271 e. The molecule has 0 saturated carbocycles. The summed E-state index contributed by atoms with van der Waals surface area (Å²) >= 11 is 1.34. The third kappa shape index (κ3) is 2.45. The van der Waals surface area contributed by atoms with Gasteiger partial charge in [0.25, 0.3) is 5.91 Å². The van der Waals surface area contributed by atoms with E-state index in [1.54, 1.807) is 17.3 Å². The summed E-state index contributed by atoms with van der Waals surface area (Å²) in [5, 5.41) is 5.05. The molecule has 2 amide bonds. The zero-order valence-corrected chi connectivity index (χ0v) is 10.3. The lowest BCUT2D eigenvalue weighted by Crippen LogP contribution is -2.40. The molecule has 1 unspecified atom stereocenters. The van der Waals surface area contributed by atoms with Crippen LogP contribution in [0.15, 0.2) is 5.38 Å². The van der Waals surface area contributed by atoms with Gasteiger partial charge in [0.15, 0.2) is 0 Å². The number of hydrogen-bond acceptors (Lipinski definition) is 5. The lowest BCUT2D eigenvalue weighted by molar-refractivity contribution is -0.128. The molecule has 2 rings (SSSR count). The zero-order chi connectivity index (χ0) is 12.4. The first-order valence-corrected chi connectivity index (χ1v) is 6.20. The number of nitrogens with two attached hydrogens (primary N) is 1. The molecule has 1 atom stereocenters. The summed E-state index contributed by atoms with van der Waals surface area (Å²) in [5.74, 6) is -0.359. The lowest BCUT2D eigenvalue weighted by atomic mass is 10.2. The highest BCUT2D eigenvalue weighted by atomic mass is 32.1. The standard InChI is InChI=1S/C10H14N4O2S/c1-14-3-2-6(10(14)16)13-9(15)7-5-17-8(4-11)12-7/h5-6H,2-4,11H2,1H3,(H,13,15). The van der Waals surface area contributed by atoms with Crippen molar-refractivity contribution in [2.45, 2.75) is 19.0 Å². The number of aromatic nitrogens is 1. The fourth-order valence-electron chi connectivity index (χ4n) is 1.70. The minimum Gasteiger partial charge on any atom is -0.344 e. The van der Waals surface area contributed by atoms with Crippen molar-refractivity contribution in [3.05, 3.63) is 16.1 Å². The van der Waals surface area contributed by atoms with Gasteiger partial charge in [-0.05, 0) is 6.42 Å². The van der Waals surface area contributed by atoms with Crippen LogP contribution >= 0.6 is 11.3 Å². The van der Waals surface area contributed by atoms with E-state index in [4.69, 9.17) is 5.73 Å². The maximum absolute atomic E-state index is 11.8. The van der Waals surface area contributed by atoms with Gasteiger partial charge in [0.2, 0.25) is 5.91 Å². The van der Waals surface area contributed by atoms with Gasteiger partial charge in [-0.2, -0.15) is 0 Å². The van der Waals surface area contributed by atoms with Crippen molar-refractivity contribution in [3.8, 4) is 0 Å². The van der Waals surface area contributed by atoms with E-state index < -0.39 is 6.04 Å². The van der Waals surface area contributed by atoms with Crippen molar-refractivity contribution in [2.24, 2.45) is 5.73 Å². The van der Waals surface area contributed by atoms with Crippen LogP contribution in [0.1, 0.15) is 21.9 Å². The highest BCUT2D eigenvalue weighted by Gasteiger charge is 2.30. The fraction of sp³-hybridized carbons (Fsp3) is 0.500. The van der Waals surface area contributed by atoms with E-state index in [-0.39, 0.29) is 11.8 Å². The number of thiazole rings is 1. The second-order valence-electron chi connectivity index (χ2n) is 3.91. The van der Waals surface area contributed by atoms with Crippen LogP contribution in [0.4, 0.5) is 0 Å². The third-order valence-electron chi connectivity index (χ3n) is 2.69. The molecule has 0 spiro atoms. The summed E-state index contributed by atoms with van der Waals surface area (Å²) in [5.41, 5.74) is 5.75. The van der Waals surface area contributed by atoms with Gasteiger partial charge in [-0.3, -0.25) is 9.59 Å². The number of nitrogens with one attached hydrogen (secondary N) is 1. The van der Waals surface area contributed by atoms with E-state index >= 15 is 0 Å². The fourth-order valence-corrected chi connectivity index (χ4v) is 2.35. The quantitative estimate of drug-likeness (QED) is 0.765. The van der Waals surface area contributed by atoms with E-state index in [1.807, 2.05) is 0 Å². The highest BCUT2D eigenvalue weighted by Crippen LogP contribution is 2.12. The number of carbonyl (C=O) groups excluding carboxylic acids is 2. The van der Waals surface area contributed by atoms with Crippen molar-refractivity contribution < 1.29 is 9.59 Å². The van der Waals surface area contributed by atoms with Crippen LogP contribution in [0.3, 0.4) is 0 Å². The third-order valence-corrected chi connectivity index (χ3v) is 3.56. The molecule has 0 radical (unpaired) electrons. The molecule has 1 aliphatic rings. The van der Waals surface area contributed by atoms with Crippen LogP contribution in [0.2, 0.25) is 0 Å². The van der Waals surface area contributed by atoms with Crippen molar-refractivity contribution in [2.75, 3.05) is 13.6 Å². The summed E-state index contributed by atoms with van der Waals surface area (Å²) in [6.45, 7) is 0.998. The monoisotopic (exact) mass is 254 g/mol. The Balaban J connectivity index is 2.00. The van der Waals surface area contributed by atoms with E-state index in [0.29, 0.717) is 30.2 Å². The van der Waals surface area contributed by atoms with Crippen molar-refractivity contribution in [1.82, 2.24) is 15.2 Å². The number of likely N-dealkylation sites (N-methyl/N-ethyl adjacent to an activating group) is 1. The van der Waals surface area contributed by atoms with Crippen LogP contribution in [-0.2, 0) is 11.3 Å². The lowest BCUT2D eigenvalue weighted by Gasteiger charge is -2.11. The largest absolute Gasteiger partial charge is 0.344 e. The Hall–Kier alpha value is -1.47. The van der Waals surface area contributed by atoms with E-state index in [0.717, 1.165) is 0 Å². The second-order valence-corrected chi connectivity index (χ2v) is 4.85. The molecular weight excluding hydrogens is 240 g/mol. The maximum Gasteiger partial charge on any atom is 0.271 e. The minimum absolute atomic E-state index is 0.0485. The SMILES string of the molecule is CN1CCC(NC(=O)c2csc(CN)n2)C1=O. The Labute approximate surface area is 103 Å². The van der Waals surface area contributed by atoms with E-state index in [1.165, 1.54) is 11.3 Å². The van der Waals surface area contributed by atoms with Gasteiger partial charge in [0.05, 0.1) is 0 Å². The molecule has 2 heterocycles. The molecule has 7 heteroatoms. The van der Waals surface area contributed by atoms with Crippen molar-refractivity contribution >= 4 is 23.2 Å². The van der Waals surface area contributed by atoms with Gasteiger partial charge >= 0.3 is 0 Å². The van der Waals surface area contributed by atoms with Crippen LogP contribution in [0.5, 0.6) is 0 Å². The van der Waals surface area contributed by atoms with E-state index in [2.05, 4.69) is 10.3 Å². The van der Waals surface area contributed by atoms with Gasteiger partial charge in [0, 0.05) is 25.5 Å². The Morgan fingerprint density at radius 1 is 1.76 bits per heavy atom. The molecule has 1 aromatic heterocycles. The number of carbonyl (C=O) groups is 2. The molecule has 17 heavy (non-hydrogen) atoms. The molecule has 0 aromatic carbocycles. The average Bonchev–Trinajstić information content (AvgIpc) is 2.91. The second kappa shape index (κ2) is 4.80. The highest BCUT2D eigenvalue weighted by molar-refractivity contribution is 7.09. The maximum atomic E-state index is 11.8. The molecule has 1 fully saturated rings. The summed E-state index contributed by atoms with van der Waals surface area (Å²) in [4.78, 5) is 29.1. The van der Waals surface area contributed by atoms with Crippen LogP contribution in [0.25, 0.3) is 0 Å². The van der Waals surface area contributed by atoms with Gasteiger partial charge in [-0.25, -0.2) is 4.98 Å². The van der Waals surface area contributed by atoms with Crippen molar-refractivity contribution in [3.63, 3.8) is 0 Å². The molecule has 1 saturated heterocycles. The predicted molar refractivity (Wildman–Crippen MR) is 63.5 cm³/mol. The Morgan fingerprint density at radius 3 is 3.06 bits per heavy atom. The molecule has 3 N–H and O–H groups in total. The number of nitrogens with zero attached hydrogens (tertiary/aromatic N) is 2. The average molecular weight is 254 g/mol. The van der Waals surface area contributed by atoms with Crippen molar-refractivity contribution in [1.29, 1.82) is 0 Å². The topological polar surface area (TPSA) is 88.3 Å².